The quantitative estimate of drug-likeness (QED) is 0.114. The highest BCUT2D eigenvalue weighted by Crippen LogP contribution is 2.33. The number of halogens is 2. The molecule has 3 amide bonds. The first-order valence-electron chi connectivity index (χ1n) is 17.9. The van der Waals surface area contributed by atoms with Crippen molar-refractivity contribution in [3.63, 3.8) is 0 Å². The number of benzene rings is 3. The van der Waals surface area contributed by atoms with Crippen LogP contribution in [0.15, 0.2) is 53.3 Å². The highest BCUT2D eigenvalue weighted by molar-refractivity contribution is 6.17. The molecule has 12 nitrogen and oxygen atoms in total. The van der Waals surface area contributed by atoms with Crippen LogP contribution >= 0.6 is 0 Å². The fourth-order valence-electron chi connectivity index (χ4n) is 6.78. The third-order valence-electron chi connectivity index (χ3n) is 9.59. The molecule has 2 aromatic heterocycles. The Morgan fingerprint density at radius 1 is 0.943 bits per heavy atom. The summed E-state index contributed by atoms with van der Waals surface area (Å²) in [5.74, 6) is -2.83. The second-order valence-electron chi connectivity index (χ2n) is 15.2. The second-order valence-corrected chi connectivity index (χ2v) is 15.2. The van der Waals surface area contributed by atoms with E-state index in [0.717, 1.165) is 4.90 Å². The number of carbonyl (C=O) groups excluding carboxylic acids is 3. The minimum Gasteiger partial charge on any atom is -0.444 e. The Labute approximate surface area is 304 Å². The number of fused-ring (bicyclic) bond motifs is 2. The SMILES string of the molecule is CC(C)c1nc2c(F)c(F)c(-c3ccc(C[C@H](N)C(=O)N(c4ccc5[nH]c(=O)[nH]c5c4)C(=O)[C@H]4CC[C@H](CNC(=O)OC(C)(C)C)CC4)cc3)cc2[nH]1. The topological polar surface area (TPSA) is 179 Å². The number of imide groups is 1. The molecular weight excluding hydrogens is 684 g/mol. The summed E-state index contributed by atoms with van der Waals surface area (Å²) in [7, 11) is 0. The van der Waals surface area contributed by atoms with Gasteiger partial charge in [-0.25, -0.2) is 28.3 Å². The summed E-state index contributed by atoms with van der Waals surface area (Å²) in [5.41, 5.74) is 8.16. The second kappa shape index (κ2) is 14.9. The number of imidazole rings is 2. The molecule has 280 valence electrons. The van der Waals surface area contributed by atoms with Crippen LogP contribution < -0.4 is 21.6 Å². The smallest absolute Gasteiger partial charge is 0.407 e. The summed E-state index contributed by atoms with van der Waals surface area (Å²) >= 11 is 0. The highest BCUT2D eigenvalue weighted by Gasteiger charge is 2.36. The number of anilines is 1. The van der Waals surface area contributed by atoms with Crippen molar-refractivity contribution in [2.45, 2.75) is 84.3 Å². The number of rotatable bonds is 9. The molecule has 0 radical (unpaired) electrons. The highest BCUT2D eigenvalue weighted by atomic mass is 19.2. The molecular formula is C39H45F2N7O5. The van der Waals surface area contributed by atoms with Gasteiger partial charge in [0.2, 0.25) is 5.91 Å². The van der Waals surface area contributed by atoms with Crippen molar-refractivity contribution in [1.82, 2.24) is 25.3 Å². The normalized spacial score (nSPS) is 16.9. The standard InChI is InChI=1S/C39H45F2N7O5/c1-20(2)34-44-30-18-26(31(40)32(41)33(30)47-34)23-10-6-21(7-11-23)16-27(42)36(50)48(25-14-15-28-29(17-25)46-37(51)45-28)35(49)24-12-8-22(9-13-24)19-43-38(52)53-39(3,4)5/h6-7,10-11,14-15,17-18,20,22,24,27H,8-9,12-13,16,19,42H2,1-5H3,(H,43,52)(H,44,47)(H2,45,46,51)/t22-,24-,27-/m0/s1. The largest absolute Gasteiger partial charge is 0.444 e. The molecule has 6 rings (SSSR count). The van der Waals surface area contributed by atoms with Crippen molar-refractivity contribution in [2.75, 3.05) is 11.4 Å². The number of alkyl carbamates (subject to hydrolysis) is 1. The number of hydrogen-bond donors (Lipinski definition) is 5. The number of aromatic nitrogens is 4. The molecule has 53 heavy (non-hydrogen) atoms. The van der Waals surface area contributed by atoms with Crippen LogP contribution in [0.1, 0.15) is 77.6 Å². The predicted octanol–water partition coefficient (Wildman–Crippen LogP) is 6.56. The lowest BCUT2D eigenvalue weighted by atomic mass is 9.81. The molecule has 2 heterocycles. The Balaban J connectivity index is 1.18. The molecule has 0 aliphatic heterocycles. The lowest BCUT2D eigenvalue weighted by molar-refractivity contribution is -0.130. The van der Waals surface area contributed by atoms with Gasteiger partial charge in [-0.2, -0.15) is 0 Å². The number of carbonyl (C=O) groups is 3. The van der Waals surface area contributed by atoms with Crippen LogP contribution in [-0.2, 0) is 20.7 Å². The van der Waals surface area contributed by atoms with E-state index in [9.17, 15) is 19.2 Å². The van der Waals surface area contributed by atoms with Gasteiger partial charge in [0.1, 0.15) is 16.9 Å². The van der Waals surface area contributed by atoms with Gasteiger partial charge >= 0.3 is 11.8 Å². The Bertz CT molecular complexity index is 2210. The maximum absolute atomic E-state index is 15.2. The summed E-state index contributed by atoms with van der Waals surface area (Å²) in [4.78, 5) is 66.1. The van der Waals surface area contributed by atoms with Crippen molar-refractivity contribution < 1.29 is 27.9 Å². The number of nitrogens with one attached hydrogen (secondary N) is 4. The Kier molecular flexibility index (Phi) is 10.5. The number of nitrogens with zero attached hydrogens (tertiary/aromatic N) is 2. The summed E-state index contributed by atoms with van der Waals surface area (Å²) in [6.45, 7) is 9.60. The summed E-state index contributed by atoms with van der Waals surface area (Å²) in [6, 6.07) is 11.8. The first kappa shape index (κ1) is 37.4. The van der Waals surface area contributed by atoms with E-state index >= 15 is 8.78 Å². The maximum Gasteiger partial charge on any atom is 0.407 e. The number of aromatic amines is 3. The Morgan fingerprint density at radius 3 is 2.28 bits per heavy atom. The van der Waals surface area contributed by atoms with Crippen LogP contribution in [0.3, 0.4) is 0 Å². The monoisotopic (exact) mass is 729 g/mol. The molecule has 0 saturated heterocycles. The molecule has 1 aliphatic rings. The summed E-state index contributed by atoms with van der Waals surface area (Å²) < 4.78 is 35.5. The van der Waals surface area contributed by atoms with Crippen LogP contribution in [0.5, 0.6) is 0 Å². The molecule has 5 aromatic rings. The number of nitrogens with two attached hydrogens (primary N) is 1. The van der Waals surface area contributed by atoms with Crippen molar-refractivity contribution in [1.29, 1.82) is 0 Å². The fourth-order valence-corrected chi connectivity index (χ4v) is 6.78. The maximum atomic E-state index is 15.2. The Morgan fingerprint density at radius 2 is 1.62 bits per heavy atom. The van der Waals surface area contributed by atoms with Gasteiger partial charge in [-0.15, -0.1) is 0 Å². The van der Waals surface area contributed by atoms with Gasteiger partial charge in [0.15, 0.2) is 11.6 Å². The van der Waals surface area contributed by atoms with Crippen LogP contribution in [0.4, 0.5) is 19.3 Å². The number of H-pyrrole nitrogens is 3. The van der Waals surface area contributed by atoms with Crippen molar-refractivity contribution >= 4 is 45.7 Å². The van der Waals surface area contributed by atoms with Crippen LogP contribution in [0.2, 0.25) is 0 Å². The molecule has 0 unspecified atom stereocenters. The van der Waals surface area contributed by atoms with Crippen LogP contribution in [-0.4, -0.2) is 56.0 Å². The molecule has 1 atom stereocenters. The minimum atomic E-state index is -1.13. The van der Waals surface area contributed by atoms with E-state index in [2.05, 4.69) is 25.3 Å². The fraction of sp³-hybridized carbons (Fsp3) is 0.410. The van der Waals surface area contributed by atoms with E-state index in [-0.39, 0.29) is 35.0 Å². The van der Waals surface area contributed by atoms with Gasteiger partial charge < -0.3 is 30.7 Å². The average Bonchev–Trinajstić information content (AvgIpc) is 3.72. The van der Waals surface area contributed by atoms with Crippen molar-refractivity contribution in [3.05, 3.63) is 82.0 Å². The van der Waals surface area contributed by atoms with E-state index in [1.165, 1.54) is 6.07 Å². The first-order chi connectivity index (χ1) is 25.1. The van der Waals surface area contributed by atoms with E-state index in [1.807, 2.05) is 13.8 Å². The van der Waals surface area contributed by atoms with E-state index in [1.54, 1.807) is 63.2 Å². The zero-order chi connectivity index (χ0) is 38.2. The van der Waals surface area contributed by atoms with Crippen molar-refractivity contribution in [2.24, 2.45) is 17.6 Å². The first-order valence-corrected chi connectivity index (χ1v) is 17.9. The molecule has 14 heteroatoms. The van der Waals surface area contributed by atoms with Gasteiger partial charge in [-0.05, 0) is 94.2 Å². The minimum absolute atomic E-state index is 0.00104. The molecule has 1 saturated carbocycles. The predicted molar refractivity (Wildman–Crippen MR) is 198 cm³/mol. The molecule has 1 aliphatic carbocycles. The van der Waals surface area contributed by atoms with Gasteiger partial charge in [-0.1, -0.05) is 38.1 Å². The summed E-state index contributed by atoms with van der Waals surface area (Å²) in [5, 5.41) is 2.81. The lowest BCUT2D eigenvalue weighted by Gasteiger charge is -2.32. The zero-order valence-electron chi connectivity index (χ0n) is 30.4. The summed E-state index contributed by atoms with van der Waals surface area (Å²) in [6.07, 6.45) is 1.89. The third-order valence-corrected chi connectivity index (χ3v) is 9.59. The van der Waals surface area contributed by atoms with E-state index < -0.39 is 52.8 Å². The molecule has 0 spiro atoms. The van der Waals surface area contributed by atoms with Crippen LogP contribution in [0.25, 0.3) is 33.2 Å². The average molecular weight is 730 g/mol. The van der Waals surface area contributed by atoms with Gasteiger partial charge in [0.25, 0.3) is 5.91 Å². The third kappa shape index (κ3) is 8.32. The molecule has 6 N–H and O–H groups in total. The molecule has 3 aromatic carbocycles. The zero-order valence-corrected chi connectivity index (χ0v) is 30.4. The van der Waals surface area contributed by atoms with E-state index in [4.69, 9.17) is 10.5 Å². The lowest BCUT2D eigenvalue weighted by Crippen LogP contribution is -2.50. The van der Waals surface area contributed by atoms with Gasteiger partial charge in [0.05, 0.1) is 28.3 Å². The number of amides is 3. The van der Waals surface area contributed by atoms with Gasteiger partial charge in [-0.3, -0.25) is 9.59 Å². The molecule has 0 bridgehead atoms. The number of ether oxygens (including phenoxy) is 1. The Hall–Kier alpha value is -5.37. The number of hydrogen-bond acceptors (Lipinski definition) is 7. The van der Waals surface area contributed by atoms with E-state index in [0.29, 0.717) is 65.7 Å². The molecule has 1 fully saturated rings. The van der Waals surface area contributed by atoms with Crippen molar-refractivity contribution in [3.8, 4) is 11.1 Å². The van der Waals surface area contributed by atoms with Gasteiger partial charge in [0, 0.05) is 23.9 Å². The van der Waals surface area contributed by atoms with Crippen LogP contribution in [0, 0.1) is 23.5 Å².